The Balaban J connectivity index is 1.60. The van der Waals surface area contributed by atoms with Crippen LogP contribution in [0, 0.1) is 18.8 Å². The number of carbonyl (C=O) groups excluding carboxylic acids is 1. The molecule has 6 nitrogen and oxygen atoms in total. The molecule has 4 rings (SSSR count). The highest BCUT2D eigenvalue weighted by atomic mass is 32.2. The largest absolute Gasteiger partial charge is 0.319 e. The predicted octanol–water partition coefficient (Wildman–Crippen LogP) is 3.96. The number of hydrogen-bond acceptors (Lipinski definition) is 4. The molecule has 0 spiro atoms. The molecule has 1 fully saturated rings. The molecule has 1 saturated heterocycles. The lowest BCUT2D eigenvalue weighted by Crippen LogP contribution is -2.42. The molecule has 1 amide bonds. The molecule has 0 unspecified atom stereocenters. The molecule has 0 N–H and O–H groups in total. The summed E-state index contributed by atoms with van der Waals surface area (Å²) in [5, 5.41) is 0. The number of benzene rings is 2. The van der Waals surface area contributed by atoms with Gasteiger partial charge in [-0.15, -0.1) is 0 Å². The fourth-order valence-electron chi connectivity index (χ4n) is 4.22. The zero-order valence-electron chi connectivity index (χ0n) is 18.2. The molecule has 164 valence electrons. The zero-order chi connectivity index (χ0) is 22.3. The standard InChI is InChI=1S/C23H27N3O3S2/c1-15-5-10-20-21(12-15)30-23(25(20)4)24-22(27)18-6-8-19(9-7-18)31(28,29)26-13-16(2)11-17(3)14-26/h5-10,12,16-17H,11,13-14H2,1-4H3/t16-,17-/m0/s1. The fourth-order valence-corrected chi connectivity index (χ4v) is 7.01. The van der Waals surface area contributed by atoms with Crippen molar-refractivity contribution in [3.63, 3.8) is 0 Å². The van der Waals surface area contributed by atoms with Crippen LogP contribution in [-0.2, 0) is 17.1 Å². The first-order chi connectivity index (χ1) is 14.6. The Morgan fingerprint density at radius 3 is 2.35 bits per heavy atom. The first-order valence-electron chi connectivity index (χ1n) is 10.4. The van der Waals surface area contributed by atoms with Crippen molar-refractivity contribution < 1.29 is 13.2 Å². The first kappa shape index (κ1) is 21.9. The zero-order valence-corrected chi connectivity index (χ0v) is 19.8. The monoisotopic (exact) mass is 457 g/mol. The molecule has 2 aromatic carbocycles. The highest BCUT2D eigenvalue weighted by Gasteiger charge is 2.31. The molecule has 31 heavy (non-hydrogen) atoms. The number of amides is 1. The Morgan fingerprint density at radius 1 is 1.06 bits per heavy atom. The molecule has 2 heterocycles. The van der Waals surface area contributed by atoms with Gasteiger partial charge in [-0.1, -0.05) is 31.3 Å². The molecule has 0 radical (unpaired) electrons. The number of piperidine rings is 1. The SMILES string of the molecule is Cc1ccc2c(c1)sc(=NC(=O)c1ccc(S(=O)(=O)N3C[C@@H](C)C[C@H](C)C3)cc1)n2C. The third-order valence-electron chi connectivity index (χ3n) is 5.74. The smallest absolute Gasteiger partial charge is 0.279 e. The minimum absolute atomic E-state index is 0.216. The van der Waals surface area contributed by atoms with E-state index in [0.717, 1.165) is 22.2 Å². The number of carbonyl (C=O) groups is 1. The number of aromatic nitrogens is 1. The van der Waals surface area contributed by atoms with Gasteiger partial charge in [-0.25, -0.2) is 8.42 Å². The van der Waals surface area contributed by atoms with Crippen molar-refractivity contribution in [2.24, 2.45) is 23.9 Å². The van der Waals surface area contributed by atoms with E-state index in [0.29, 0.717) is 35.3 Å². The van der Waals surface area contributed by atoms with Gasteiger partial charge in [-0.05, 0) is 67.1 Å². The maximum absolute atomic E-state index is 13.0. The van der Waals surface area contributed by atoms with Gasteiger partial charge in [-0.3, -0.25) is 4.79 Å². The second kappa shape index (κ2) is 8.33. The minimum Gasteiger partial charge on any atom is -0.319 e. The van der Waals surface area contributed by atoms with E-state index in [9.17, 15) is 13.2 Å². The molecule has 0 bridgehead atoms. The third-order valence-corrected chi connectivity index (χ3v) is 8.68. The van der Waals surface area contributed by atoms with E-state index in [1.807, 2.05) is 30.7 Å². The predicted molar refractivity (Wildman–Crippen MR) is 124 cm³/mol. The molecule has 1 aliphatic rings. The molecule has 0 saturated carbocycles. The highest BCUT2D eigenvalue weighted by Crippen LogP contribution is 2.27. The van der Waals surface area contributed by atoms with E-state index < -0.39 is 10.0 Å². The number of nitrogens with zero attached hydrogens (tertiary/aromatic N) is 3. The average Bonchev–Trinajstić information content (AvgIpc) is 3.01. The van der Waals surface area contributed by atoms with Crippen molar-refractivity contribution in [1.82, 2.24) is 8.87 Å². The van der Waals surface area contributed by atoms with Crippen LogP contribution < -0.4 is 4.80 Å². The van der Waals surface area contributed by atoms with Crippen molar-refractivity contribution in [2.75, 3.05) is 13.1 Å². The Bertz CT molecular complexity index is 1290. The van der Waals surface area contributed by atoms with E-state index in [1.165, 1.54) is 23.5 Å². The summed E-state index contributed by atoms with van der Waals surface area (Å²) in [4.78, 5) is 17.8. The summed E-state index contributed by atoms with van der Waals surface area (Å²) in [6, 6.07) is 12.2. The molecule has 1 aliphatic heterocycles. The lowest BCUT2D eigenvalue weighted by Gasteiger charge is -2.34. The maximum atomic E-state index is 13.0. The Kier molecular flexibility index (Phi) is 5.89. The van der Waals surface area contributed by atoms with E-state index in [4.69, 9.17) is 0 Å². The molecule has 2 atom stereocenters. The van der Waals surface area contributed by atoms with Gasteiger partial charge in [0, 0.05) is 25.7 Å². The van der Waals surface area contributed by atoms with Crippen LogP contribution in [0.25, 0.3) is 10.2 Å². The van der Waals surface area contributed by atoms with Gasteiger partial charge in [0.25, 0.3) is 5.91 Å². The van der Waals surface area contributed by atoms with Gasteiger partial charge < -0.3 is 4.57 Å². The Hall–Kier alpha value is -2.29. The van der Waals surface area contributed by atoms with Crippen LogP contribution in [0.3, 0.4) is 0 Å². The van der Waals surface area contributed by atoms with Crippen LogP contribution >= 0.6 is 11.3 Å². The van der Waals surface area contributed by atoms with Crippen LogP contribution in [0.2, 0.25) is 0 Å². The fraction of sp³-hybridized carbons (Fsp3) is 0.391. The van der Waals surface area contributed by atoms with Crippen molar-refractivity contribution in [1.29, 1.82) is 0 Å². The van der Waals surface area contributed by atoms with E-state index in [-0.39, 0.29) is 10.8 Å². The quantitative estimate of drug-likeness (QED) is 0.598. The molecule has 1 aromatic heterocycles. The lowest BCUT2D eigenvalue weighted by molar-refractivity contribution is 0.0998. The average molecular weight is 458 g/mol. The van der Waals surface area contributed by atoms with Crippen LogP contribution in [0.1, 0.15) is 36.2 Å². The van der Waals surface area contributed by atoms with Gasteiger partial charge in [0.05, 0.1) is 15.1 Å². The summed E-state index contributed by atoms with van der Waals surface area (Å²) >= 11 is 1.46. The van der Waals surface area contributed by atoms with Crippen LogP contribution in [-0.4, -0.2) is 36.3 Å². The molecular formula is C23H27N3O3S2. The number of fused-ring (bicyclic) bond motifs is 1. The van der Waals surface area contributed by atoms with Gasteiger partial charge in [0.15, 0.2) is 4.80 Å². The molecule has 3 aromatic rings. The van der Waals surface area contributed by atoms with Crippen LogP contribution in [0.4, 0.5) is 0 Å². The van der Waals surface area contributed by atoms with Gasteiger partial charge in [0.1, 0.15) is 0 Å². The van der Waals surface area contributed by atoms with E-state index in [2.05, 4.69) is 24.9 Å². The molecular weight excluding hydrogens is 430 g/mol. The Morgan fingerprint density at radius 2 is 1.71 bits per heavy atom. The topological polar surface area (TPSA) is 71.7 Å². The summed E-state index contributed by atoms with van der Waals surface area (Å²) in [7, 11) is -1.68. The molecule has 8 heteroatoms. The number of aryl methyl sites for hydroxylation is 2. The summed E-state index contributed by atoms with van der Waals surface area (Å²) < 4.78 is 30.6. The second-order valence-corrected chi connectivity index (χ2v) is 11.6. The van der Waals surface area contributed by atoms with Crippen molar-refractivity contribution in [2.45, 2.75) is 32.1 Å². The van der Waals surface area contributed by atoms with Crippen LogP contribution in [0.5, 0.6) is 0 Å². The second-order valence-electron chi connectivity index (χ2n) is 8.62. The normalized spacial score (nSPS) is 21.0. The first-order valence-corrected chi connectivity index (χ1v) is 12.7. The number of sulfonamides is 1. The summed E-state index contributed by atoms with van der Waals surface area (Å²) in [5.41, 5.74) is 2.54. The number of thiazole rings is 1. The third kappa shape index (κ3) is 4.37. The van der Waals surface area contributed by atoms with Gasteiger partial charge >= 0.3 is 0 Å². The highest BCUT2D eigenvalue weighted by molar-refractivity contribution is 7.89. The maximum Gasteiger partial charge on any atom is 0.279 e. The van der Waals surface area contributed by atoms with Crippen molar-refractivity contribution >= 4 is 37.5 Å². The van der Waals surface area contributed by atoms with E-state index >= 15 is 0 Å². The number of rotatable bonds is 3. The van der Waals surface area contributed by atoms with Gasteiger partial charge in [0.2, 0.25) is 10.0 Å². The van der Waals surface area contributed by atoms with Crippen molar-refractivity contribution in [3.05, 3.63) is 58.4 Å². The summed E-state index contributed by atoms with van der Waals surface area (Å²) in [6.45, 7) is 7.25. The summed E-state index contributed by atoms with van der Waals surface area (Å²) in [6.07, 6.45) is 1.04. The van der Waals surface area contributed by atoms with Crippen molar-refractivity contribution in [3.8, 4) is 0 Å². The Labute approximate surface area is 186 Å². The minimum atomic E-state index is -3.57. The molecule has 0 aliphatic carbocycles. The lowest BCUT2D eigenvalue weighted by atomic mass is 9.94. The van der Waals surface area contributed by atoms with Gasteiger partial charge in [-0.2, -0.15) is 9.30 Å². The number of hydrogen-bond donors (Lipinski definition) is 0. The summed E-state index contributed by atoms with van der Waals surface area (Å²) in [5.74, 6) is 0.288. The van der Waals surface area contributed by atoms with E-state index in [1.54, 1.807) is 16.4 Å². The van der Waals surface area contributed by atoms with Crippen LogP contribution in [0.15, 0.2) is 52.4 Å².